The van der Waals surface area contributed by atoms with E-state index in [4.69, 9.17) is 5.11 Å². The van der Waals surface area contributed by atoms with Gasteiger partial charge in [0.15, 0.2) is 0 Å². The number of nitrogens with one attached hydrogen (secondary N) is 1. The fourth-order valence-electron chi connectivity index (χ4n) is 2.31. The van der Waals surface area contributed by atoms with Gasteiger partial charge in [-0.05, 0) is 31.0 Å². The minimum Gasteiger partial charge on any atom is -0.478 e. The lowest BCUT2D eigenvalue weighted by Crippen LogP contribution is -2.36. The zero-order chi connectivity index (χ0) is 13.0. The number of rotatable bonds is 3. The number of hydrogen-bond donors (Lipinski definition) is 2. The maximum Gasteiger partial charge on any atom is 0.335 e. The number of benzene rings is 1. The molecule has 1 aromatic carbocycles. The number of carbonyl (C=O) groups is 2. The monoisotopic (exact) mass is 247 g/mol. The summed E-state index contributed by atoms with van der Waals surface area (Å²) < 4.78 is 0. The van der Waals surface area contributed by atoms with Crippen molar-refractivity contribution in [2.24, 2.45) is 0 Å². The van der Waals surface area contributed by atoms with Gasteiger partial charge in [0.25, 0.3) is 5.91 Å². The van der Waals surface area contributed by atoms with Crippen molar-refractivity contribution in [1.82, 2.24) is 5.32 Å². The molecule has 0 unspecified atom stereocenters. The van der Waals surface area contributed by atoms with Crippen LogP contribution in [0.4, 0.5) is 0 Å². The molecular weight excluding hydrogens is 230 g/mol. The number of carboxylic acids is 1. The normalized spacial score (nSPS) is 16.2. The summed E-state index contributed by atoms with van der Waals surface area (Å²) in [5, 5.41) is 11.9. The quantitative estimate of drug-likeness (QED) is 0.862. The van der Waals surface area contributed by atoms with Crippen molar-refractivity contribution < 1.29 is 14.7 Å². The molecule has 0 radical (unpaired) electrons. The van der Waals surface area contributed by atoms with Crippen LogP contribution in [0.2, 0.25) is 0 Å². The highest BCUT2D eigenvalue weighted by Crippen LogP contribution is 2.18. The second kappa shape index (κ2) is 5.67. The average molecular weight is 247 g/mol. The first-order valence-electron chi connectivity index (χ1n) is 6.31. The molecule has 1 aliphatic rings. The van der Waals surface area contributed by atoms with Crippen molar-refractivity contribution in [3.05, 3.63) is 35.4 Å². The van der Waals surface area contributed by atoms with Crippen LogP contribution in [0.3, 0.4) is 0 Å². The molecule has 1 amide bonds. The molecule has 1 saturated carbocycles. The standard InChI is InChI=1S/C14H17NO3/c16-13(15-12-7-2-1-3-8-12)10-5-4-6-11(9-10)14(17)18/h4-6,9,12H,1-3,7-8H2,(H,15,16)(H,17,18). The zero-order valence-corrected chi connectivity index (χ0v) is 10.2. The molecule has 2 rings (SSSR count). The Labute approximate surface area is 106 Å². The molecule has 0 heterocycles. The Morgan fingerprint density at radius 2 is 1.78 bits per heavy atom. The van der Waals surface area contributed by atoms with Crippen LogP contribution in [-0.4, -0.2) is 23.0 Å². The van der Waals surface area contributed by atoms with E-state index in [0.717, 1.165) is 25.7 Å². The molecular formula is C14H17NO3. The average Bonchev–Trinajstić information content (AvgIpc) is 2.40. The lowest BCUT2D eigenvalue weighted by Gasteiger charge is -2.22. The molecule has 0 atom stereocenters. The smallest absolute Gasteiger partial charge is 0.335 e. The van der Waals surface area contributed by atoms with Gasteiger partial charge in [0, 0.05) is 11.6 Å². The van der Waals surface area contributed by atoms with Crippen molar-refractivity contribution >= 4 is 11.9 Å². The molecule has 96 valence electrons. The Balaban J connectivity index is 2.03. The fourth-order valence-corrected chi connectivity index (χ4v) is 2.31. The van der Waals surface area contributed by atoms with Crippen molar-refractivity contribution in [3.8, 4) is 0 Å². The van der Waals surface area contributed by atoms with E-state index in [2.05, 4.69) is 5.32 Å². The summed E-state index contributed by atoms with van der Waals surface area (Å²) in [7, 11) is 0. The molecule has 2 N–H and O–H groups in total. The van der Waals surface area contributed by atoms with E-state index in [-0.39, 0.29) is 17.5 Å². The first-order valence-corrected chi connectivity index (χ1v) is 6.31. The van der Waals surface area contributed by atoms with Crippen molar-refractivity contribution in [1.29, 1.82) is 0 Å². The maximum absolute atomic E-state index is 12.0. The number of carboxylic acid groups (broad SMARTS) is 1. The van der Waals surface area contributed by atoms with Crippen molar-refractivity contribution in [2.45, 2.75) is 38.1 Å². The van der Waals surface area contributed by atoms with Gasteiger partial charge >= 0.3 is 5.97 Å². The minimum absolute atomic E-state index is 0.145. The number of amides is 1. The van der Waals surface area contributed by atoms with Gasteiger partial charge in [0.2, 0.25) is 0 Å². The van der Waals surface area contributed by atoms with Crippen LogP contribution in [0.15, 0.2) is 24.3 Å². The molecule has 1 fully saturated rings. The first-order chi connectivity index (χ1) is 8.66. The summed E-state index contributed by atoms with van der Waals surface area (Å²) in [4.78, 5) is 22.8. The second-order valence-electron chi connectivity index (χ2n) is 4.69. The third kappa shape index (κ3) is 3.09. The molecule has 1 aromatic rings. The predicted molar refractivity (Wildman–Crippen MR) is 67.7 cm³/mol. The Morgan fingerprint density at radius 3 is 2.44 bits per heavy atom. The van der Waals surface area contributed by atoms with Gasteiger partial charge < -0.3 is 10.4 Å². The fraction of sp³-hybridized carbons (Fsp3) is 0.429. The van der Waals surface area contributed by atoms with E-state index in [0.29, 0.717) is 5.56 Å². The van der Waals surface area contributed by atoms with Crippen LogP contribution in [0.5, 0.6) is 0 Å². The van der Waals surface area contributed by atoms with Crippen LogP contribution in [-0.2, 0) is 0 Å². The summed E-state index contributed by atoms with van der Waals surface area (Å²) in [6, 6.07) is 6.38. The predicted octanol–water partition coefficient (Wildman–Crippen LogP) is 2.45. The SMILES string of the molecule is O=C(O)c1cccc(C(=O)NC2CCCCC2)c1. The number of hydrogen-bond acceptors (Lipinski definition) is 2. The molecule has 1 aliphatic carbocycles. The van der Waals surface area contributed by atoms with E-state index >= 15 is 0 Å². The van der Waals surface area contributed by atoms with Gasteiger partial charge in [0.1, 0.15) is 0 Å². The van der Waals surface area contributed by atoms with E-state index in [1.807, 2.05) is 0 Å². The molecule has 0 spiro atoms. The lowest BCUT2D eigenvalue weighted by atomic mass is 9.95. The van der Waals surface area contributed by atoms with Gasteiger partial charge in [0.05, 0.1) is 5.56 Å². The summed E-state index contributed by atoms with van der Waals surface area (Å²) in [5.74, 6) is -1.19. The summed E-state index contributed by atoms with van der Waals surface area (Å²) in [5.41, 5.74) is 0.562. The van der Waals surface area contributed by atoms with E-state index in [1.165, 1.54) is 18.6 Å². The van der Waals surface area contributed by atoms with Crippen LogP contribution in [0.25, 0.3) is 0 Å². The molecule has 4 nitrogen and oxygen atoms in total. The van der Waals surface area contributed by atoms with E-state index < -0.39 is 5.97 Å². The molecule has 0 aromatic heterocycles. The van der Waals surface area contributed by atoms with E-state index in [9.17, 15) is 9.59 Å². The molecule has 0 aliphatic heterocycles. The summed E-state index contributed by atoms with van der Waals surface area (Å²) in [6.45, 7) is 0. The van der Waals surface area contributed by atoms with Crippen molar-refractivity contribution in [3.63, 3.8) is 0 Å². The van der Waals surface area contributed by atoms with Gasteiger partial charge in [-0.3, -0.25) is 4.79 Å². The third-order valence-corrected chi connectivity index (χ3v) is 3.31. The Morgan fingerprint density at radius 1 is 1.11 bits per heavy atom. The van der Waals surface area contributed by atoms with Gasteiger partial charge in [-0.25, -0.2) is 4.79 Å². The van der Waals surface area contributed by atoms with Gasteiger partial charge in [-0.2, -0.15) is 0 Å². The van der Waals surface area contributed by atoms with Gasteiger partial charge in [-0.15, -0.1) is 0 Å². The topological polar surface area (TPSA) is 66.4 Å². The highest BCUT2D eigenvalue weighted by atomic mass is 16.4. The number of aromatic carboxylic acids is 1. The zero-order valence-electron chi connectivity index (χ0n) is 10.2. The Hall–Kier alpha value is -1.84. The highest BCUT2D eigenvalue weighted by molar-refractivity contribution is 5.97. The minimum atomic E-state index is -1.01. The van der Waals surface area contributed by atoms with Crippen LogP contribution in [0, 0.1) is 0 Å². The summed E-state index contributed by atoms with van der Waals surface area (Å²) >= 11 is 0. The Kier molecular flexibility index (Phi) is 3.97. The van der Waals surface area contributed by atoms with Gasteiger partial charge in [-0.1, -0.05) is 25.3 Å². The summed E-state index contributed by atoms with van der Waals surface area (Å²) in [6.07, 6.45) is 5.58. The highest BCUT2D eigenvalue weighted by Gasteiger charge is 2.17. The second-order valence-corrected chi connectivity index (χ2v) is 4.69. The number of carbonyl (C=O) groups excluding carboxylic acids is 1. The Bertz CT molecular complexity index is 450. The van der Waals surface area contributed by atoms with Crippen LogP contribution in [0.1, 0.15) is 52.8 Å². The molecule has 0 bridgehead atoms. The molecule has 4 heteroatoms. The van der Waals surface area contributed by atoms with Crippen LogP contribution >= 0.6 is 0 Å². The lowest BCUT2D eigenvalue weighted by molar-refractivity contribution is 0.0697. The third-order valence-electron chi connectivity index (χ3n) is 3.31. The first kappa shape index (κ1) is 12.6. The van der Waals surface area contributed by atoms with Crippen LogP contribution < -0.4 is 5.32 Å². The van der Waals surface area contributed by atoms with E-state index in [1.54, 1.807) is 12.1 Å². The molecule has 18 heavy (non-hydrogen) atoms. The maximum atomic E-state index is 12.0. The largest absolute Gasteiger partial charge is 0.478 e. The van der Waals surface area contributed by atoms with Crippen molar-refractivity contribution in [2.75, 3.05) is 0 Å². The molecule has 0 saturated heterocycles.